The van der Waals surface area contributed by atoms with Crippen molar-refractivity contribution >= 4 is 26.6 Å². The number of nitrogens with zero attached hydrogens (tertiary/aromatic N) is 2. The topological polar surface area (TPSA) is 87.7 Å². The molecule has 2 heterocycles. The molecule has 0 amide bonds. The van der Waals surface area contributed by atoms with Crippen LogP contribution in [0.3, 0.4) is 0 Å². The van der Waals surface area contributed by atoms with Crippen LogP contribution in [-0.4, -0.2) is 23.6 Å². The van der Waals surface area contributed by atoms with E-state index in [1.807, 2.05) is 19.1 Å². The third kappa shape index (κ3) is 2.23. The van der Waals surface area contributed by atoms with E-state index in [2.05, 4.69) is 19.9 Å². The van der Waals surface area contributed by atoms with Crippen LogP contribution in [0.15, 0.2) is 47.8 Å². The molecule has 6 nitrogen and oxygen atoms in total. The van der Waals surface area contributed by atoms with E-state index in [1.54, 1.807) is 12.3 Å². The molecule has 0 unspecified atom stereocenters. The van der Waals surface area contributed by atoms with Crippen molar-refractivity contribution in [1.82, 2.24) is 15.2 Å². The lowest BCUT2D eigenvalue weighted by molar-refractivity contribution is 0.602. The van der Waals surface area contributed by atoms with Gasteiger partial charge in [0.05, 0.1) is 17.4 Å². The largest absolute Gasteiger partial charge is 0.284 e. The maximum atomic E-state index is 12.4. The molecule has 2 N–H and O–H groups in total. The summed E-state index contributed by atoms with van der Waals surface area (Å²) in [7, 11) is -3.70. The van der Waals surface area contributed by atoms with Gasteiger partial charge >= 0.3 is 0 Å². The van der Waals surface area contributed by atoms with E-state index in [-0.39, 0.29) is 4.90 Å². The molecule has 0 radical (unpaired) electrons. The van der Waals surface area contributed by atoms with Crippen LogP contribution >= 0.6 is 0 Å². The van der Waals surface area contributed by atoms with E-state index in [4.69, 9.17) is 0 Å². The predicted octanol–water partition coefficient (Wildman–Crippen LogP) is 2.07. The molecule has 102 valence electrons. The van der Waals surface area contributed by atoms with Gasteiger partial charge < -0.3 is 0 Å². The molecule has 0 aliphatic rings. The van der Waals surface area contributed by atoms with Gasteiger partial charge in [0.15, 0.2) is 0 Å². The number of rotatable bonds is 3. The number of hydrogen-bond acceptors (Lipinski definition) is 4. The molecule has 0 atom stereocenters. The average Bonchev–Trinajstić information content (AvgIpc) is 2.89. The molecule has 0 fully saturated rings. The molecule has 3 aromatic rings. The van der Waals surface area contributed by atoms with Crippen molar-refractivity contribution in [3.63, 3.8) is 0 Å². The van der Waals surface area contributed by atoms with Gasteiger partial charge in [-0.15, -0.1) is 0 Å². The van der Waals surface area contributed by atoms with Gasteiger partial charge in [-0.3, -0.25) is 14.8 Å². The number of aryl methyl sites for hydroxylation is 1. The normalized spacial score (nSPS) is 11.7. The quantitative estimate of drug-likeness (QED) is 0.772. The second-order valence-electron chi connectivity index (χ2n) is 4.43. The number of pyridine rings is 1. The van der Waals surface area contributed by atoms with E-state index in [1.165, 1.54) is 18.5 Å². The third-order valence-corrected chi connectivity index (χ3v) is 4.26. The first-order chi connectivity index (χ1) is 9.56. The molecule has 0 saturated heterocycles. The summed E-state index contributed by atoms with van der Waals surface area (Å²) in [6, 6.07) is 6.98. The van der Waals surface area contributed by atoms with E-state index in [9.17, 15) is 8.42 Å². The fraction of sp³-hybridized carbons (Fsp3) is 0.0769. The molecule has 0 saturated carbocycles. The van der Waals surface area contributed by atoms with Crippen LogP contribution < -0.4 is 4.72 Å². The first-order valence-corrected chi connectivity index (χ1v) is 7.41. The van der Waals surface area contributed by atoms with Gasteiger partial charge in [-0.25, -0.2) is 8.42 Å². The maximum absolute atomic E-state index is 12.4. The molecule has 3 rings (SSSR count). The highest BCUT2D eigenvalue weighted by Gasteiger charge is 2.18. The zero-order valence-electron chi connectivity index (χ0n) is 10.7. The number of aromatic nitrogens is 3. The summed E-state index contributed by atoms with van der Waals surface area (Å²) in [4.78, 5) is 4.38. The number of fused-ring (bicyclic) bond motifs is 1. The first-order valence-electron chi connectivity index (χ1n) is 5.93. The SMILES string of the molecule is Cc1cnc2c(S(=O)(=O)Nc3cn[nH]c3)cccc2c1. The highest BCUT2D eigenvalue weighted by molar-refractivity contribution is 7.93. The Bertz CT molecular complexity index is 857. The molecular weight excluding hydrogens is 276 g/mol. The van der Waals surface area contributed by atoms with Crippen molar-refractivity contribution in [3.8, 4) is 0 Å². The number of sulfonamides is 1. The number of nitrogens with one attached hydrogen (secondary N) is 2. The number of anilines is 1. The molecule has 20 heavy (non-hydrogen) atoms. The fourth-order valence-corrected chi connectivity index (χ4v) is 3.19. The van der Waals surface area contributed by atoms with Gasteiger partial charge in [-0.2, -0.15) is 5.10 Å². The lowest BCUT2D eigenvalue weighted by Gasteiger charge is -2.08. The summed E-state index contributed by atoms with van der Waals surface area (Å²) < 4.78 is 27.3. The van der Waals surface area contributed by atoms with Crippen LogP contribution in [0.4, 0.5) is 5.69 Å². The minimum atomic E-state index is -3.70. The van der Waals surface area contributed by atoms with E-state index in [0.29, 0.717) is 11.2 Å². The van der Waals surface area contributed by atoms with Crippen LogP contribution in [0, 0.1) is 6.92 Å². The second-order valence-corrected chi connectivity index (χ2v) is 6.08. The lowest BCUT2D eigenvalue weighted by Crippen LogP contribution is -2.13. The Kier molecular flexibility index (Phi) is 2.90. The van der Waals surface area contributed by atoms with Crippen LogP contribution in [0.5, 0.6) is 0 Å². The summed E-state index contributed by atoms with van der Waals surface area (Å²) in [6.45, 7) is 1.91. The molecule has 0 bridgehead atoms. The zero-order chi connectivity index (χ0) is 14.2. The highest BCUT2D eigenvalue weighted by atomic mass is 32.2. The summed E-state index contributed by atoms with van der Waals surface area (Å²) in [5, 5.41) is 7.05. The molecule has 0 spiro atoms. The van der Waals surface area contributed by atoms with Crippen LogP contribution in [0.25, 0.3) is 10.9 Å². The molecule has 0 aliphatic carbocycles. The number of hydrogen-bond donors (Lipinski definition) is 2. The minimum Gasteiger partial charge on any atom is -0.284 e. The van der Waals surface area contributed by atoms with Gasteiger partial charge in [0.2, 0.25) is 0 Å². The van der Waals surface area contributed by atoms with Gasteiger partial charge in [-0.1, -0.05) is 12.1 Å². The van der Waals surface area contributed by atoms with E-state index in [0.717, 1.165) is 10.9 Å². The number of aromatic amines is 1. The number of benzene rings is 1. The third-order valence-electron chi connectivity index (χ3n) is 2.85. The summed E-state index contributed by atoms with van der Waals surface area (Å²) in [5.41, 5.74) is 1.82. The summed E-state index contributed by atoms with van der Waals surface area (Å²) in [6.07, 6.45) is 4.53. The Morgan fingerprint density at radius 1 is 1.25 bits per heavy atom. The van der Waals surface area contributed by atoms with Crippen molar-refractivity contribution in [1.29, 1.82) is 0 Å². The number of para-hydroxylation sites is 1. The van der Waals surface area contributed by atoms with Crippen molar-refractivity contribution in [2.45, 2.75) is 11.8 Å². The minimum absolute atomic E-state index is 0.149. The van der Waals surface area contributed by atoms with E-state index >= 15 is 0 Å². The predicted molar refractivity (Wildman–Crippen MR) is 75.9 cm³/mol. The van der Waals surface area contributed by atoms with Crippen molar-refractivity contribution in [2.75, 3.05) is 4.72 Å². The van der Waals surface area contributed by atoms with Gasteiger partial charge in [0.1, 0.15) is 4.90 Å². The van der Waals surface area contributed by atoms with Crippen LogP contribution in [0.1, 0.15) is 5.56 Å². The maximum Gasteiger partial charge on any atom is 0.264 e. The molecule has 7 heteroatoms. The fourth-order valence-electron chi connectivity index (χ4n) is 1.98. The van der Waals surface area contributed by atoms with Crippen LogP contribution in [0.2, 0.25) is 0 Å². The van der Waals surface area contributed by atoms with Gasteiger partial charge in [0.25, 0.3) is 10.0 Å². The molecule has 0 aliphatic heterocycles. The highest BCUT2D eigenvalue weighted by Crippen LogP contribution is 2.23. The zero-order valence-corrected chi connectivity index (χ0v) is 11.5. The average molecular weight is 288 g/mol. The number of H-pyrrole nitrogens is 1. The Morgan fingerprint density at radius 2 is 2.10 bits per heavy atom. The Hall–Kier alpha value is -2.41. The monoisotopic (exact) mass is 288 g/mol. The van der Waals surface area contributed by atoms with Crippen LogP contribution in [-0.2, 0) is 10.0 Å². The van der Waals surface area contributed by atoms with Crippen molar-refractivity contribution in [3.05, 3.63) is 48.4 Å². The Balaban J connectivity index is 2.14. The van der Waals surface area contributed by atoms with Crippen molar-refractivity contribution < 1.29 is 8.42 Å². The molecule has 1 aromatic carbocycles. The Labute approximate surface area is 115 Å². The Morgan fingerprint density at radius 3 is 2.85 bits per heavy atom. The molecular formula is C13H12N4O2S. The smallest absolute Gasteiger partial charge is 0.264 e. The molecule has 2 aromatic heterocycles. The first kappa shape index (κ1) is 12.6. The van der Waals surface area contributed by atoms with Gasteiger partial charge in [0, 0.05) is 17.8 Å². The van der Waals surface area contributed by atoms with Gasteiger partial charge in [-0.05, 0) is 24.6 Å². The standard InChI is InChI=1S/C13H12N4O2S/c1-9-5-10-3-2-4-12(13(10)14-6-9)20(18,19)17-11-7-15-16-8-11/h2-8,17H,1H3,(H,15,16). The summed E-state index contributed by atoms with van der Waals surface area (Å²) in [5.74, 6) is 0. The summed E-state index contributed by atoms with van der Waals surface area (Å²) >= 11 is 0. The second kappa shape index (κ2) is 4.61. The van der Waals surface area contributed by atoms with E-state index < -0.39 is 10.0 Å². The lowest BCUT2D eigenvalue weighted by atomic mass is 10.2. The van der Waals surface area contributed by atoms with Crippen molar-refractivity contribution in [2.24, 2.45) is 0 Å².